The minimum atomic E-state index is 0.0324. The number of aromatic nitrogens is 1. The van der Waals surface area contributed by atoms with E-state index in [-0.39, 0.29) is 11.9 Å². The first-order valence-electron chi connectivity index (χ1n) is 9.85. The molecule has 1 aliphatic heterocycles. The molecule has 1 N–H and O–H groups in total. The predicted octanol–water partition coefficient (Wildman–Crippen LogP) is 4.31. The van der Waals surface area contributed by atoms with Gasteiger partial charge >= 0.3 is 0 Å². The van der Waals surface area contributed by atoms with E-state index < -0.39 is 0 Å². The van der Waals surface area contributed by atoms with Crippen LogP contribution in [0.1, 0.15) is 30.1 Å². The molecule has 1 amide bonds. The third-order valence-corrected chi connectivity index (χ3v) is 6.11. The number of nitrogens with one attached hydrogen (secondary N) is 1. The highest BCUT2D eigenvalue weighted by Gasteiger charge is 2.23. The zero-order valence-electron chi connectivity index (χ0n) is 15.9. The summed E-state index contributed by atoms with van der Waals surface area (Å²) in [5, 5.41) is 6.08. The number of carbonyl (C=O) groups excluding carboxylic acids is 1. The van der Waals surface area contributed by atoms with Gasteiger partial charge in [-0.3, -0.25) is 9.69 Å². The fourth-order valence-electron chi connectivity index (χ4n) is 3.73. The van der Waals surface area contributed by atoms with Crippen molar-refractivity contribution in [2.45, 2.75) is 25.3 Å². The van der Waals surface area contributed by atoms with E-state index in [1.165, 1.54) is 18.4 Å². The number of benzene rings is 2. The molecule has 1 atom stereocenters. The summed E-state index contributed by atoms with van der Waals surface area (Å²) in [7, 11) is 0. The molecule has 3 aromatic rings. The highest BCUT2D eigenvalue weighted by molar-refractivity contribution is 7.13. The topological polar surface area (TPSA) is 45.2 Å². The minimum absolute atomic E-state index is 0.0324. The molecule has 28 heavy (non-hydrogen) atoms. The molecule has 0 spiro atoms. The second kappa shape index (κ2) is 9.13. The van der Waals surface area contributed by atoms with Gasteiger partial charge in [-0.25, -0.2) is 4.98 Å². The zero-order chi connectivity index (χ0) is 19.2. The molecule has 144 valence electrons. The summed E-state index contributed by atoms with van der Waals surface area (Å²) in [5.74, 6) is 0.0324. The second-order valence-electron chi connectivity index (χ2n) is 7.16. The maximum atomic E-state index is 12.5. The smallest absolute Gasteiger partial charge is 0.226 e. The maximum absolute atomic E-state index is 12.5. The predicted molar refractivity (Wildman–Crippen MR) is 114 cm³/mol. The summed E-state index contributed by atoms with van der Waals surface area (Å²) in [5.41, 5.74) is 3.20. The Bertz CT molecular complexity index is 888. The molecular weight excluding hydrogens is 366 g/mol. The van der Waals surface area contributed by atoms with Crippen molar-refractivity contribution in [1.82, 2.24) is 15.2 Å². The van der Waals surface area contributed by atoms with Gasteiger partial charge in [0.1, 0.15) is 5.01 Å². The minimum Gasteiger partial charge on any atom is -0.354 e. The van der Waals surface area contributed by atoms with Gasteiger partial charge in [-0.1, -0.05) is 60.7 Å². The number of rotatable bonds is 7. The van der Waals surface area contributed by atoms with Crippen LogP contribution in [-0.2, 0) is 11.2 Å². The van der Waals surface area contributed by atoms with E-state index in [9.17, 15) is 4.79 Å². The molecule has 0 saturated carbocycles. The summed E-state index contributed by atoms with van der Waals surface area (Å²) in [6, 6.07) is 20.8. The molecule has 4 rings (SSSR count). The van der Waals surface area contributed by atoms with Crippen molar-refractivity contribution in [1.29, 1.82) is 0 Å². The van der Waals surface area contributed by atoms with Crippen LogP contribution < -0.4 is 5.32 Å². The van der Waals surface area contributed by atoms with Gasteiger partial charge in [-0.05, 0) is 31.5 Å². The standard InChI is InChI=1S/C23H25N3OS/c27-22(15-20-17-28-23(25-20)19-11-5-2-6-12-19)24-16-21(26-13-7-8-14-26)18-9-3-1-4-10-18/h1-6,9-12,17,21H,7-8,13-16H2,(H,24,27). The largest absolute Gasteiger partial charge is 0.354 e. The fraction of sp³-hybridized carbons (Fsp3) is 0.304. The molecule has 1 aliphatic rings. The first-order chi connectivity index (χ1) is 13.8. The number of thiazole rings is 1. The summed E-state index contributed by atoms with van der Waals surface area (Å²) in [6.45, 7) is 2.84. The van der Waals surface area contributed by atoms with E-state index in [1.54, 1.807) is 11.3 Å². The Morgan fingerprint density at radius 1 is 1.04 bits per heavy atom. The molecule has 0 radical (unpaired) electrons. The number of nitrogens with zero attached hydrogens (tertiary/aromatic N) is 2. The highest BCUT2D eigenvalue weighted by atomic mass is 32.1. The van der Waals surface area contributed by atoms with Gasteiger partial charge in [0.05, 0.1) is 18.2 Å². The molecule has 1 aromatic heterocycles. The van der Waals surface area contributed by atoms with E-state index in [2.05, 4.69) is 39.5 Å². The lowest BCUT2D eigenvalue weighted by atomic mass is 10.1. The van der Waals surface area contributed by atoms with Gasteiger partial charge in [0.15, 0.2) is 0 Å². The van der Waals surface area contributed by atoms with Crippen molar-refractivity contribution in [2.24, 2.45) is 0 Å². The lowest BCUT2D eigenvalue weighted by Gasteiger charge is -2.28. The van der Waals surface area contributed by atoms with Gasteiger partial charge in [-0.15, -0.1) is 11.3 Å². The zero-order valence-corrected chi connectivity index (χ0v) is 16.7. The van der Waals surface area contributed by atoms with E-state index >= 15 is 0 Å². The maximum Gasteiger partial charge on any atom is 0.226 e. The van der Waals surface area contributed by atoms with Crippen molar-refractivity contribution >= 4 is 17.2 Å². The Kier molecular flexibility index (Phi) is 6.14. The van der Waals surface area contributed by atoms with E-state index in [0.29, 0.717) is 13.0 Å². The van der Waals surface area contributed by atoms with Crippen LogP contribution in [0.15, 0.2) is 66.0 Å². The Hall–Kier alpha value is -2.50. The van der Waals surface area contributed by atoms with Crippen LogP contribution in [0.3, 0.4) is 0 Å². The fourth-order valence-corrected chi connectivity index (χ4v) is 4.55. The van der Waals surface area contributed by atoms with Crippen molar-refractivity contribution in [3.8, 4) is 10.6 Å². The van der Waals surface area contributed by atoms with Gasteiger partial charge in [0.2, 0.25) is 5.91 Å². The molecule has 0 bridgehead atoms. The van der Waals surface area contributed by atoms with Crippen LogP contribution in [0.5, 0.6) is 0 Å². The van der Waals surface area contributed by atoms with Gasteiger partial charge in [0, 0.05) is 17.5 Å². The third kappa shape index (κ3) is 4.66. The van der Waals surface area contributed by atoms with Crippen molar-refractivity contribution in [3.05, 3.63) is 77.3 Å². The van der Waals surface area contributed by atoms with E-state index in [4.69, 9.17) is 0 Å². The van der Waals surface area contributed by atoms with E-state index in [1.807, 2.05) is 41.8 Å². The van der Waals surface area contributed by atoms with Crippen LogP contribution >= 0.6 is 11.3 Å². The molecule has 4 nitrogen and oxygen atoms in total. The number of amides is 1. The summed E-state index contributed by atoms with van der Waals surface area (Å²) in [4.78, 5) is 19.7. The van der Waals surface area contributed by atoms with Crippen LogP contribution in [0.2, 0.25) is 0 Å². The molecular formula is C23H25N3OS. The average molecular weight is 392 g/mol. The summed E-state index contributed by atoms with van der Waals surface area (Å²) < 4.78 is 0. The van der Waals surface area contributed by atoms with Crippen LogP contribution in [-0.4, -0.2) is 35.4 Å². The number of hydrogen-bond acceptors (Lipinski definition) is 4. The molecule has 5 heteroatoms. The Morgan fingerprint density at radius 3 is 2.43 bits per heavy atom. The lowest BCUT2D eigenvalue weighted by molar-refractivity contribution is -0.120. The lowest BCUT2D eigenvalue weighted by Crippen LogP contribution is -2.37. The Morgan fingerprint density at radius 2 is 1.71 bits per heavy atom. The van der Waals surface area contributed by atoms with Gasteiger partial charge in [0.25, 0.3) is 0 Å². The van der Waals surface area contributed by atoms with Crippen LogP contribution in [0.4, 0.5) is 0 Å². The highest BCUT2D eigenvalue weighted by Crippen LogP contribution is 2.25. The first-order valence-corrected chi connectivity index (χ1v) is 10.7. The van der Waals surface area contributed by atoms with Crippen molar-refractivity contribution in [3.63, 3.8) is 0 Å². The second-order valence-corrected chi connectivity index (χ2v) is 8.02. The van der Waals surface area contributed by atoms with Crippen LogP contribution in [0, 0.1) is 0 Å². The Balaban J connectivity index is 1.37. The molecule has 1 saturated heterocycles. The average Bonchev–Trinajstić information content (AvgIpc) is 3.42. The van der Waals surface area contributed by atoms with Crippen molar-refractivity contribution in [2.75, 3.05) is 19.6 Å². The van der Waals surface area contributed by atoms with Gasteiger partial charge in [-0.2, -0.15) is 0 Å². The molecule has 2 aromatic carbocycles. The van der Waals surface area contributed by atoms with Crippen molar-refractivity contribution < 1.29 is 4.79 Å². The van der Waals surface area contributed by atoms with E-state index in [0.717, 1.165) is 29.4 Å². The number of hydrogen-bond donors (Lipinski definition) is 1. The Labute approximate surface area is 170 Å². The normalized spacial score (nSPS) is 15.4. The summed E-state index contributed by atoms with van der Waals surface area (Å²) in [6.07, 6.45) is 2.79. The molecule has 1 unspecified atom stereocenters. The summed E-state index contributed by atoms with van der Waals surface area (Å²) >= 11 is 1.59. The number of likely N-dealkylation sites (tertiary alicyclic amines) is 1. The molecule has 2 heterocycles. The molecule has 0 aliphatic carbocycles. The third-order valence-electron chi connectivity index (χ3n) is 5.17. The van der Waals surface area contributed by atoms with Gasteiger partial charge < -0.3 is 5.32 Å². The van der Waals surface area contributed by atoms with Crippen LogP contribution in [0.25, 0.3) is 10.6 Å². The SMILES string of the molecule is O=C(Cc1csc(-c2ccccc2)n1)NCC(c1ccccc1)N1CCCC1. The number of carbonyl (C=O) groups is 1. The monoisotopic (exact) mass is 391 g/mol. The quantitative estimate of drug-likeness (QED) is 0.653. The molecule has 1 fully saturated rings. The first kappa shape index (κ1) is 18.8.